The zero-order valence-corrected chi connectivity index (χ0v) is 20.3. The molecule has 2 saturated carbocycles. The molecule has 0 radical (unpaired) electrons. The van der Waals surface area contributed by atoms with Crippen LogP contribution in [0, 0.1) is 12.7 Å². The van der Waals surface area contributed by atoms with Crippen LogP contribution in [0.4, 0.5) is 10.2 Å². The standard InChI is InChI=1S/C24H31FN6O4S/c1-3-8-36-24-27-22(26-16-10-14(16)13-5-4-12(2)15(25)9-13)19-23(28-24)31(30-29-19)17-11-18(35-7-6-32)21(34)20(17)33/h4-5,9,14,16-18,20-21,32-34H,3,6-8,10-11H2,1-2H3,(H,26,27,28)/t14-,16+,17+,18-,20-,21+/m0/s1/i7D2,8D2,10D2,16D. The number of aliphatic hydroxyl groups is 3. The molecule has 10 nitrogen and oxygen atoms in total. The lowest BCUT2D eigenvalue weighted by Gasteiger charge is -2.17. The maximum atomic E-state index is 14.3. The molecule has 2 aliphatic carbocycles. The van der Waals surface area contributed by atoms with Gasteiger partial charge >= 0.3 is 0 Å². The Labute approximate surface area is 222 Å². The van der Waals surface area contributed by atoms with Gasteiger partial charge in [0.2, 0.25) is 0 Å². The highest BCUT2D eigenvalue weighted by molar-refractivity contribution is 7.99. The fourth-order valence-corrected chi connectivity index (χ4v) is 4.70. The Kier molecular flexibility index (Phi) is 5.26. The Morgan fingerprint density at radius 3 is 2.94 bits per heavy atom. The van der Waals surface area contributed by atoms with Gasteiger partial charge in [0.1, 0.15) is 18.0 Å². The number of ether oxygens (including phenoxy) is 1. The number of thioether (sulfide) groups is 1. The molecule has 0 amide bonds. The molecule has 36 heavy (non-hydrogen) atoms. The van der Waals surface area contributed by atoms with Gasteiger partial charge in [-0.2, -0.15) is 0 Å². The van der Waals surface area contributed by atoms with E-state index in [-0.39, 0.29) is 40.5 Å². The number of fused-ring (bicyclic) bond motifs is 1. The minimum absolute atomic E-state index is 0.0308. The smallest absolute Gasteiger partial charge is 0.191 e. The van der Waals surface area contributed by atoms with E-state index >= 15 is 0 Å². The third kappa shape index (κ3) is 4.92. The van der Waals surface area contributed by atoms with Crippen LogP contribution < -0.4 is 5.32 Å². The molecule has 1 aromatic carbocycles. The van der Waals surface area contributed by atoms with Crippen molar-refractivity contribution in [3.63, 3.8) is 0 Å². The van der Waals surface area contributed by atoms with Crippen molar-refractivity contribution >= 4 is 28.7 Å². The van der Waals surface area contributed by atoms with Crippen LogP contribution in [-0.4, -0.2) is 83.5 Å². The Bertz CT molecular complexity index is 1540. The maximum Gasteiger partial charge on any atom is 0.191 e. The SMILES string of the molecule is [2H]C([2H])(CO)O[C@H]1C[C@@H](n2nnc3c(N[C@@]4([2H])[C@H](c5ccc(C)c(F)c5)C4([2H])[2H])nc(SC([2H])([2H])CC)nc32)[C@H](O)[C@@H]1O. The van der Waals surface area contributed by atoms with Gasteiger partial charge in [0.05, 0.1) is 29.4 Å². The summed E-state index contributed by atoms with van der Waals surface area (Å²) in [6.45, 7) is -0.271. The fraction of sp³-hybridized carbons (Fsp3) is 0.583. The van der Waals surface area contributed by atoms with E-state index in [1.165, 1.54) is 12.1 Å². The molecule has 0 aliphatic heterocycles. The van der Waals surface area contributed by atoms with E-state index in [1.54, 1.807) is 19.9 Å². The predicted octanol–water partition coefficient (Wildman–Crippen LogP) is 2.18. The number of anilines is 1. The first-order valence-corrected chi connectivity index (χ1v) is 12.3. The van der Waals surface area contributed by atoms with E-state index < -0.39 is 67.4 Å². The molecule has 4 N–H and O–H groups in total. The Morgan fingerprint density at radius 2 is 2.19 bits per heavy atom. The molecule has 0 spiro atoms. The molecular formula is C24H31FN6O4S. The summed E-state index contributed by atoms with van der Waals surface area (Å²) >= 11 is 0.673. The first-order valence-electron chi connectivity index (χ1n) is 15.0. The van der Waals surface area contributed by atoms with Crippen LogP contribution in [0.2, 0.25) is 0 Å². The van der Waals surface area contributed by atoms with E-state index in [4.69, 9.17) is 14.3 Å². The van der Waals surface area contributed by atoms with E-state index in [1.807, 2.05) is 0 Å². The third-order valence-electron chi connectivity index (χ3n) is 6.11. The number of aliphatic hydroxyl groups excluding tert-OH is 3. The number of rotatable bonds is 10. The monoisotopic (exact) mass is 525 g/mol. The van der Waals surface area contributed by atoms with Gasteiger partial charge in [-0.25, -0.2) is 19.0 Å². The minimum Gasteiger partial charge on any atom is -0.394 e. The number of aryl methyl sites for hydroxylation is 1. The molecule has 6 atom stereocenters. The quantitative estimate of drug-likeness (QED) is 0.230. The second kappa shape index (κ2) is 10.5. The highest BCUT2D eigenvalue weighted by atomic mass is 32.2. The van der Waals surface area contributed by atoms with Gasteiger partial charge in [-0.3, -0.25) is 0 Å². The molecule has 0 unspecified atom stereocenters. The summed E-state index contributed by atoms with van der Waals surface area (Å²) < 4.78 is 78.5. The van der Waals surface area contributed by atoms with Crippen LogP contribution in [0.25, 0.3) is 11.2 Å². The van der Waals surface area contributed by atoms with E-state index in [9.17, 15) is 19.7 Å². The molecule has 2 heterocycles. The average molecular weight is 526 g/mol. The van der Waals surface area contributed by atoms with Crippen LogP contribution in [0.15, 0.2) is 23.4 Å². The largest absolute Gasteiger partial charge is 0.394 e. The molecule has 2 fully saturated rings. The van der Waals surface area contributed by atoms with Gasteiger partial charge in [-0.15, -0.1) is 5.10 Å². The fourth-order valence-electron chi connectivity index (χ4n) is 4.16. The predicted molar refractivity (Wildman–Crippen MR) is 133 cm³/mol. The topological polar surface area (TPSA) is 138 Å². The van der Waals surface area contributed by atoms with E-state index in [0.717, 1.165) is 4.68 Å². The Balaban J connectivity index is 1.55. The van der Waals surface area contributed by atoms with Gasteiger partial charge in [0.15, 0.2) is 22.1 Å². The number of aromatic nitrogens is 5. The first kappa shape index (κ1) is 18.0. The van der Waals surface area contributed by atoms with Crippen molar-refractivity contribution in [2.75, 3.05) is 24.2 Å². The van der Waals surface area contributed by atoms with Crippen molar-refractivity contribution in [1.29, 1.82) is 0 Å². The lowest BCUT2D eigenvalue weighted by molar-refractivity contribution is -0.0629. The van der Waals surface area contributed by atoms with Crippen molar-refractivity contribution in [1.82, 2.24) is 25.0 Å². The molecule has 5 rings (SSSR count). The number of halogens is 1. The molecule has 3 aromatic rings. The first-order chi connectivity index (χ1) is 19.9. The van der Waals surface area contributed by atoms with Crippen LogP contribution >= 0.6 is 11.8 Å². The van der Waals surface area contributed by atoms with Crippen LogP contribution in [0.3, 0.4) is 0 Å². The molecule has 0 saturated heterocycles. The van der Waals surface area contributed by atoms with Crippen molar-refractivity contribution in [3.05, 3.63) is 35.1 Å². The second-order valence-corrected chi connectivity index (χ2v) is 9.39. The number of nitrogens with one attached hydrogen (secondary N) is 1. The third-order valence-corrected chi connectivity index (χ3v) is 6.91. The van der Waals surface area contributed by atoms with Gasteiger partial charge in [-0.1, -0.05) is 36.0 Å². The summed E-state index contributed by atoms with van der Waals surface area (Å²) in [5, 5.41) is 41.4. The zero-order chi connectivity index (χ0) is 31.7. The summed E-state index contributed by atoms with van der Waals surface area (Å²) in [6.07, 6.45) is -6.54. The van der Waals surface area contributed by atoms with Crippen LogP contribution in [0.1, 0.15) is 58.8 Å². The normalized spacial score (nSPS) is 34.7. The summed E-state index contributed by atoms with van der Waals surface area (Å²) in [7, 11) is 0. The lowest BCUT2D eigenvalue weighted by atomic mass is 10.1. The van der Waals surface area contributed by atoms with Crippen molar-refractivity contribution < 1.29 is 34.0 Å². The van der Waals surface area contributed by atoms with Crippen LogP contribution in [-0.2, 0) is 4.74 Å². The maximum absolute atomic E-state index is 14.3. The zero-order valence-electron chi connectivity index (χ0n) is 26.5. The average Bonchev–Trinajstić information content (AvgIpc) is 3.21. The minimum atomic E-state index is -2.48. The number of nitrogens with zero attached hydrogens (tertiary/aromatic N) is 5. The van der Waals surface area contributed by atoms with Gasteiger partial charge in [0, 0.05) is 29.5 Å². The highest BCUT2D eigenvalue weighted by Crippen LogP contribution is 2.44. The van der Waals surface area contributed by atoms with Gasteiger partial charge in [-0.05, 0) is 36.9 Å². The lowest BCUT2D eigenvalue weighted by Crippen LogP contribution is -2.33. The van der Waals surface area contributed by atoms with E-state index in [2.05, 4.69) is 25.6 Å². The van der Waals surface area contributed by atoms with Crippen molar-refractivity contribution in [2.45, 2.75) is 74.5 Å². The molecule has 0 bridgehead atoms. The summed E-state index contributed by atoms with van der Waals surface area (Å²) in [6, 6.07) is 1.17. The number of hydrogen-bond donors (Lipinski definition) is 4. The van der Waals surface area contributed by atoms with Crippen LogP contribution in [0.5, 0.6) is 0 Å². The van der Waals surface area contributed by atoms with Gasteiger partial charge in [0.25, 0.3) is 0 Å². The summed E-state index contributed by atoms with van der Waals surface area (Å²) in [4.78, 5) is 8.74. The van der Waals surface area contributed by atoms with Gasteiger partial charge < -0.3 is 25.4 Å². The van der Waals surface area contributed by atoms with Crippen molar-refractivity contribution in [3.8, 4) is 0 Å². The Morgan fingerprint density at radius 1 is 1.36 bits per heavy atom. The second-order valence-electron chi connectivity index (χ2n) is 8.53. The Hall–Kier alpha value is -2.38. The molecule has 12 heteroatoms. The number of benzene rings is 1. The van der Waals surface area contributed by atoms with Crippen molar-refractivity contribution in [2.24, 2.45) is 0 Å². The molecule has 2 aromatic heterocycles. The highest BCUT2D eigenvalue weighted by Gasteiger charge is 2.45. The van der Waals surface area contributed by atoms with E-state index in [0.29, 0.717) is 17.3 Å². The molecule has 194 valence electrons. The summed E-state index contributed by atoms with van der Waals surface area (Å²) in [5.74, 6) is -1.78. The molecule has 2 aliphatic rings. The molecular weight excluding hydrogens is 487 g/mol. The number of hydrogen-bond acceptors (Lipinski definition) is 10. The summed E-state index contributed by atoms with van der Waals surface area (Å²) in [5.41, 5.74) is -1.25.